The zero-order chi connectivity index (χ0) is 21.9. The molecule has 2 aromatic rings. The fraction of sp³-hybridized carbons (Fsp3) is 0.238. The number of ether oxygens (including phenoxy) is 1. The molecule has 4 amide bonds. The van der Waals surface area contributed by atoms with Crippen LogP contribution in [-0.2, 0) is 19.1 Å². The number of urea groups is 1. The van der Waals surface area contributed by atoms with Crippen molar-refractivity contribution in [2.45, 2.75) is 25.5 Å². The van der Waals surface area contributed by atoms with Crippen molar-refractivity contribution in [3.63, 3.8) is 0 Å². The number of benzene rings is 2. The van der Waals surface area contributed by atoms with Gasteiger partial charge in [0.15, 0.2) is 0 Å². The molecule has 1 atom stereocenters. The van der Waals surface area contributed by atoms with E-state index in [0.717, 1.165) is 4.90 Å². The number of anilines is 1. The number of rotatable bonds is 6. The van der Waals surface area contributed by atoms with Crippen LogP contribution in [0.25, 0.3) is 0 Å². The van der Waals surface area contributed by atoms with Gasteiger partial charge >= 0.3 is 12.0 Å². The molecular formula is C21H20FN3O5. The topological polar surface area (TPSA) is 105 Å². The summed E-state index contributed by atoms with van der Waals surface area (Å²) >= 11 is 0. The average Bonchev–Trinajstić information content (AvgIpc) is 2.90. The lowest BCUT2D eigenvalue weighted by Gasteiger charge is -2.20. The smallest absolute Gasteiger partial charge is 0.327 e. The minimum absolute atomic E-state index is 0.314. The fourth-order valence-corrected chi connectivity index (χ4v) is 2.90. The first kappa shape index (κ1) is 21.0. The van der Waals surface area contributed by atoms with Crippen molar-refractivity contribution in [1.29, 1.82) is 0 Å². The first-order chi connectivity index (χ1) is 14.2. The molecule has 156 valence electrons. The standard InChI is InChI=1S/C21H20FN3O5/c1-21(2)19(28)25(20(29)24-21)12-16(26)30-17(13-6-4-3-5-7-13)18(27)23-15-10-8-14(22)9-11-15/h3-11,17H,12H2,1-2H3,(H,23,27)(H,24,29). The second-order valence-corrected chi connectivity index (χ2v) is 7.22. The monoisotopic (exact) mass is 413 g/mol. The van der Waals surface area contributed by atoms with Gasteiger partial charge in [-0.15, -0.1) is 0 Å². The molecule has 1 heterocycles. The van der Waals surface area contributed by atoms with Crippen molar-refractivity contribution in [3.8, 4) is 0 Å². The van der Waals surface area contributed by atoms with E-state index in [9.17, 15) is 23.6 Å². The third-order valence-electron chi connectivity index (χ3n) is 4.43. The molecule has 1 aliphatic rings. The Hall–Kier alpha value is -3.75. The Balaban J connectivity index is 1.75. The van der Waals surface area contributed by atoms with E-state index in [2.05, 4.69) is 10.6 Å². The summed E-state index contributed by atoms with van der Waals surface area (Å²) in [6, 6.07) is 12.6. The third kappa shape index (κ3) is 4.62. The average molecular weight is 413 g/mol. The largest absolute Gasteiger partial charge is 0.446 e. The summed E-state index contributed by atoms with van der Waals surface area (Å²) in [4.78, 5) is 50.2. The fourth-order valence-electron chi connectivity index (χ4n) is 2.90. The maximum Gasteiger partial charge on any atom is 0.327 e. The van der Waals surface area contributed by atoms with E-state index >= 15 is 0 Å². The molecule has 3 rings (SSSR count). The van der Waals surface area contributed by atoms with Crippen molar-refractivity contribution < 1.29 is 28.3 Å². The summed E-state index contributed by atoms with van der Waals surface area (Å²) in [5, 5.41) is 5.02. The zero-order valence-corrected chi connectivity index (χ0v) is 16.3. The number of nitrogens with zero attached hydrogens (tertiary/aromatic N) is 1. The van der Waals surface area contributed by atoms with Gasteiger partial charge in [-0.2, -0.15) is 0 Å². The highest BCUT2D eigenvalue weighted by atomic mass is 19.1. The van der Waals surface area contributed by atoms with Crippen LogP contribution in [0.3, 0.4) is 0 Å². The molecule has 0 saturated carbocycles. The first-order valence-corrected chi connectivity index (χ1v) is 9.12. The SMILES string of the molecule is CC1(C)NC(=O)N(CC(=O)OC(C(=O)Nc2ccc(F)cc2)c2ccccc2)C1=O. The molecule has 8 nitrogen and oxygen atoms in total. The van der Waals surface area contributed by atoms with E-state index in [1.807, 2.05) is 0 Å². The van der Waals surface area contributed by atoms with E-state index in [1.54, 1.807) is 30.3 Å². The number of esters is 1. The van der Waals surface area contributed by atoms with Crippen LogP contribution in [0, 0.1) is 5.82 Å². The van der Waals surface area contributed by atoms with E-state index in [4.69, 9.17) is 4.74 Å². The van der Waals surface area contributed by atoms with Crippen molar-refractivity contribution >= 4 is 29.5 Å². The molecule has 0 aromatic heterocycles. The second kappa shape index (κ2) is 8.32. The van der Waals surface area contributed by atoms with E-state index in [1.165, 1.54) is 38.1 Å². The predicted octanol–water partition coefficient (Wildman–Crippen LogP) is 2.38. The molecule has 9 heteroatoms. The summed E-state index contributed by atoms with van der Waals surface area (Å²) in [6.45, 7) is 2.39. The van der Waals surface area contributed by atoms with Crippen molar-refractivity contribution in [1.82, 2.24) is 10.2 Å². The number of halogens is 1. The molecule has 2 aromatic carbocycles. The number of amides is 4. The maximum absolute atomic E-state index is 13.1. The van der Waals surface area contributed by atoms with Crippen LogP contribution >= 0.6 is 0 Å². The summed E-state index contributed by atoms with van der Waals surface area (Å²) in [6.07, 6.45) is -1.34. The maximum atomic E-state index is 13.1. The molecule has 0 aliphatic carbocycles. The van der Waals surface area contributed by atoms with E-state index in [0.29, 0.717) is 11.3 Å². The molecule has 2 N–H and O–H groups in total. The summed E-state index contributed by atoms with van der Waals surface area (Å²) in [5.41, 5.74) is -0.423. The van der Waals surface area contributed by atoms with Gasteiger partial charge in [0, 0.05) is 11.3 Å². The molecule has 30 heavy (non-hydrogen) atoms. The summed E-state index contributed by atoms with van der Waals surface area (Å²) in [7, 11) is 0. The van der Waals surface area contributed by atoms with Gasteiger partial charge in [0.2, 0.25) is 6.10 Å². The molecule has 1 fully saturated rings. The summed E-state index contributed by atoms with van der Waals surface area (Å²) in [5.74, 6) is -2.63. The van der Waals surface area contributed by atoms with Gasteiger partial charge in [-0.1, -0.05) is 30.3 Å². The van der Waals surface area contributed by atoms with Crippen LogP contribution in [0.15, 0.2) is 54.6 Å². The lowest BCUT2D eigenvalue weighted by Crippen LogP contribution is -2.41. The number of nitrogens with one attached hydrogen (secondary N) is 2. The van der Waals surface area contributed by atoms with Crippen LogP contribution < -0.4 is 10.6 Å². The number of carbonyl (C=O) groups excluding carboxylic acids is 4. The first-order valence-electron chi connectivity index (χ1n) is 9.12. The van der Waals surface area contributed by atoms with Crippen LogP contribution in [0.4, 0.5) is 14.9 Å². The molecular weight excluding hydrogens is 393 g/mol. The molecule has 0 bridgehead atoms. The Morgan fingerprint density at radius 3 is 2.30 bits per heavy atom. The Morgan fingerprint density at radius 2 is 1.73 bits per heavy atom. The molecule has 0 radical (unpaired) electrons. The number of carbonyl (C=O) groups is 4. The van der Waals surface area contributed by atoms with Crippen LogP contribution in [-0.4, -0.2) is 40.8 Å². The highest BCUT2D eigenvalue weighted by molar-refractivity contribution is 6.08. The summed E-state index contributed by atoms with van der Waals surface area (Å²) < 4.78 is 18.4. The lowest BCUT2D eigenvalue weighted by atomic mass is 10.1. The van der Waals surface area contributed by atoms with Crippen molar-refractivity contribution in [2.75, 3.05) is 11.9 Å². The van der Waals surface area contributed by atoms with E-state index in [-0.39, 0.29) is 0 Å². The van der Waals surface area contributed by atoms with Crippen LogP contribution in [0.5, 0.6) is 0 Å². The molecule has 1 aliphatic heterocycles. The quantitative estimate of drug-likeness (QED) is 0.559. The van der Waals surface area contributed by atoms with Gasteiger partial charge < -0.3 is 15.4 Å². The molecule has 1 saturated heterocycles. The highest BCUT2D eigenvalue weighted by Crippen LogP contribution is 2.22. The number of hydrogen-bond acceptors (Lipinski definition) is 5. The van der Waals surface area contributed by atoms with E-state index < -0.39 is 47.8 Å². The Bertz CT molecular complexity index is 976. The van der Waals surface area contributed by atoms with Crippen LogP contribution in [0.2, 0.25) is 0 Å². The predicted molar refractivity (Wildman–Crippen MR) is 105 cm³/mol. The highest BCUT2D eigenvalue weighted by Gasteiger charge is 2.45. The minimum Gasteiger partial charge on any atom is -0.446 e. The van der Waals surface area contributed by atoms with Gasteiger partial charge in [-0.05, 0) is 38.1 Å². The Kier molecular flexibility index (Phi) is 5.81. The normalized spacial score (nSPS) is 16.0. The van der Waals surface area contributed by atoms with Gasteiger partial charge in [-0.3, -0.25) is 19.3 Å². The second-order valence-electron chi connectivity index (χ2n) is 7.22. The van der Waals surface area contributed by atoms with Gasteiger partial charge in [-0.25, -0.2) is 9.18 Å². The molecule has 0 spiro atoms. The number of hydrogen-bond donors (Lipinski definition) is 2. The Morgan fingerprint density at radius 1 is 1.10 bits per heavy atom. The van der Waals surface area contributed by atoms with Crippen molar-refractivity contribution in [3.05, 3.63) is 66.0 Å². The number of imide groups is 1. The van der Waals surface area contributed by atoms with Crippen LogP contribution in [0.1, 0.15) is 25.5 Å². The zero-order valence-electron chi connectivity index (χ0n) is 16.3. The minimum atomic E-state index is -1.34. The Labute approximate surface area is 172 Å². The lowest BCUT2D eigenvalue weighted by molar-refractivity contribution is -0.156. The van der Waals surface area contributed by atoms with Gasteiger partial charge in [0.25, 0.3) is 11.8 Å². The van der Waals surface area contributed by atoms with Crippen molar-refractivity contribution in [2.24, 2.45) is 0 Å². The third-order valence-corrected chi connectivity index (χ3v) is 4.43. The van der Waals surface area contributed by atoms with Gasteiger partial charge in [0.1, 0.15) is 17.9 Å². The van der Waals surface area contributed by atoms with Gasteiger partial charge in [0.05, 0.1) is 0 Å². The molecule has 1 unspecified atom stereocenters.